The lowest BCUT2D eigenvalue weighted by atomic mass is 9.88. The normalized spacial score (nSPS) is 16.6. The molecule has 0 radical (unpaired) electrons. The number of alkyl halides is 2. The highest BCUT2D eigenvalue weighted by molar-refractivity contribution is 5.89. The van der Waals surface area contributed by atoms with E-state index in [9.17, 15) is 13.2 Å². The molecule has 3 heterocycles. The van der Waals surface area contributed by atoms with Crippen LogP contribution in [0.5, 0.6) is 5.88 Å². The van der Waals surface area contributed by atoms with Crippen molar-refractivity contribution in [3.05, 3.63) is 36.0 Å². The first-order chi connectivity index (χ1) is 13.4. The Hall–Kier alpha value is -3.17. The van der Waals surface area contributed by atoms with E-state index in [1.54, 1.807) is 25.1 Å². The minimum atomic E-state index is -2.67. The summed E-state index contributed by atoms with van der Waals surface area (Å²) in [6, 6.07) is 4.67. The minimum Gasteiger partial charge on any atom is -0.479 e. The molecule has 1 aliphatic carbocycles. The standard InChI is InChI=1S/C18H15F3N6O/c1-9-22-17(28-2)16-15(12(19)8-26(16)24-9)10-3-4-13-14(5-10)27(25-23-13)11-6-18(20,21)7-11/h3-5,8,11H,6-7H2,1-2H3. The van der Waals surface area contributed by atoms with Crippen LogP contribution in [0.2, 0.25) is 0 Å². The van der Waals surface area contributed by atoms with Crippen LogP contribution < -0.4 is 4.74 Å². The van der Waals surface area contributed by atoms with E-state index in [2.05, 4.69) is 20.4 Å². The van der Waals surface area contributed by atoms with Crippen molar-refractivity contribution >= 4 is 16.6 Å². The molecule has 0 aliphatic heterocycles. The maximum Gasteiger partial charge on any atom is 0.252 e. The lowest BCUT2D eigenvalue weighted by molar-refractivity contribution is -0.106. The van der Waals surface area contributed by atoms with Gasteiger partial charge in [0.2, 0.25) is 5.88 Å². The Morgan fingerprint density at radius 1 is 1.25 bits per heavy atom. The topological polar surface area (TPSA) is 70.1 Å². The van der Waals surface area contributed by atoms with Crippen LogP contribution in [0.25, 0.3) is 27.7 Å². The van der Waals surface area contributed by atoms with Crippen LogP contribution in [0, 0.1) is 12.7 Å². The van der Waals surface area contributed by atoms with Gasteiger partial charge in [0.15, 0.2) is 5.82 Å². The molecule has 3 aromatic heterocycles. The van der Waals surface area contributed by atoms with Gasteiger partial charge in [0.05, 0.1) is 30.4 Å². The molecular weight excluding hydrogens is 373 g/mol. The smallest absolute Gasteiger partial charge is 0.252 e. The first-order valence-electron chi connectivity index (χ1n) is 8.69. The summed E-state index contributed by atoms with van der Waals surface area (Å²) in [6.07, 6.45) is 0.703. The summed E-state index contributed by atoms with van der Waals surface area (Å²) < 4.78 is 49.6. The first-order valence-corrected chi connectivity index (χ1v) is 8.69. The van der Waals surface area contributed by atoms with Gasteiger partial charge >= 0.3 is 0 Å². The number of fused-ring (bicyclic) bond motifs is 2. The molecule has 0 amide bonds. The van der Waals surface area contributed by atoms with E-state index in [4.69, 9.17) is 4.74 Å². The van der Waals surface area contributed by atoms with Crippen LogP contribution in [-0.4, -0.2) is 42.6 Å². The number of methoxy groups -OCH3 is 1. The van der Waals surface area contributed by atoms with E-state index >= 15 is 0 Å². The van der Waals surface area contributed by atoms with Crippen molar-refractivity contribution in [3.63, 3.8) is 0 Å². The maximum atomic E-state index is 14.8. The third-order valence-electron chi connectivity index (χ3n) is 5.03. The average Bonchev–Trinajstić information content (AvgIpc) is 3.18. The van der Waals surface area contributed by atoms with Crippen LogP contribution in [0.1, 0.15) is 24.7 Å². The predicted molar refractivity (Wildman–Crippen MR) is 94.0 cm³/mol. The fraction of sp³-hybridized carbons (Fsp3) is 0.333. The molecular formula is C18H15F3N6O. The van der Waals surface area contributed by atoms with Gasteiger partial charge in [0.25, 0.3) is 5.92 Å². The summed E-state index contributed by atoms with van der Waals surface area (Å²) in [4.78, 5) is 4.22. The van der Waals surface area contributed by atoms with Gasteiger partial charge in [-0.25, -0.2) is 22.4 Å². The summed E-state index contributed by atoms with van der Waals surface area (Å²) in [5.41, 5.74) is 2.32. The fourth-order valence-electron chi connectivity index (χ4n) is 3.71. The molecule has 0 atom stereocenters. The van der Waals surface area contributed by atoms with E-state index in [0.29, 0.717) is 27.9 Å². The molecule has 1 fully saturated rings. The van der Waals surface area contributed by atoms with Crippen LogP contribution in [0.4, 0.5) is 13.2 Å². The Bertz CT molecular complexity index is 1220. The lowest BCUT2D eigenvalue weighted by Crippen LogP contribution is -2.37. The summed E-state index contributed by atoms with van der Waals surface area (Å²) in [5.74, 6) is -2.48. The summed E-state index contributed by atoms with van der Waals surface area (Å²) in [6.45, 7) is 1.68. The first kappa shape index (κ1) is 17.0. The van der Waals surface area contributed by atoms with E-state index in [0.717, 1.165) is 0 Å². The Morgan fingerprint density at radius 3 is 2.75 bits per heavy atom. The van der Waals surface area contributed by atoms with Crippen molar-refractivity contribution in [2.24, 2.45) is 0 Å². The lowest BCUT2D eigenvalue weighted by Gasteiger charge is -2.34. The van der Waals surface area contributed by atoms with E-state index in [-0.39, 0.29) is 24.3 Å². The third kappa shape index (κ3) is 2.44. The molecule has 144 valence electrons. The van der Waals surface area contributed by atoms with Crippen molar-refractivity contribution in [2.75, 3.05) is 7.11 Å². The second-order valence-electron chi connectivity index (χ2n) is 6.97. The number of ether oxygens (including phenoxy) is 1. The van der Waals surface area contributed by atoms with Crippen LogP contribution in [0.15, 0.2) is 24.4 Å². The molecule has 10 heteroatoms. The van der Waals surface area contributed by atoms with E-state index in [1.807, 2.05) is 0 Å². The highest BCUT2D eigenvalue weighted by Gasteiger charge is 2.47. The van der Waals surface area contributed by atoms with Crippen molar-refractivity contribution in [1.82, 2.24) is 29.6 Å². The zero-order valence-corrected chi connectivity index (χ0v) is 15.0. The van der Waals surface area contributed by atoms with Gasteiger partial charge in [0.1, 0.15) is 16.9 Å². The van der Waals surface area contributed by atoms with Crippen molar-refractivity contribution in [2.45, 2.75) is 31.7 Å². The van der Waals surface area contributed by atoms with Crippen LogP contribution in [0.3, 0.4) is 0 Å². The van der Waals surface area contributed by atoms with Gasteiger partial charge in [-0.2, -0.15) is 10.1 Å². The number of hydrogen-bond donors (Lipinski definition) is 0. The quantitative estimate of drug-likeness (QED) is 0.537. The number of halogens is 3. The van der Waals surface area contributed by atoms with Gasteiger partial charge in [-0.05, 0) is 24.6 Å². The minimum absolute atomic E-state index is 0.247. The molecule has 4 aromatic rings. The Morgan fingerprint density at radius 2 is 2.04 bits per heavy atom. The Kier molecular flexibility index (Phi) is 3.43. The molecule has 0 unspecified atom stereocenters. The highest BCUT2D eigenvalue weighted by Crippen LogP contribution is 2.46. The van der Waals surface area contributed by atoms with Crippen LogP contribution in [-0.2, 0) is 0 Å². The second kappa shape index (κ2) is 5.66. The number of benzene rings is 1. The molecule has 0 bridgehead atoms. The fourth-order valence-corrected chi connectivity index (χ4v) is 3.71. The number of hydrogen-bond acceptors (Lipinski definition) is 5. The zero-order valence-electron chi connectivity index (χ0n) is 15.0. The van der Waals surface area contributed by atoms with Crippen LogP contribution >= 0.6 is 0 Å². The number of aromatic nitrogens is 6. The van der Waals surface area contributed by atoms with Gasteiger partial charge in [-0.1, -0.05) is 11.3 Å². The maximum absolute atomic E-state index is 14.8. The summed E-state index contributed by atoms with van der Waals surface area (Å²) in [5, 5.41) is 12.3. The summed E-state index contributed by atoms with van der Waals surface area (Å²) in [7, 11) is 1.45. The average molecular weight is 388 g/mol. The molecule has 0 spiro atoms. The van der Waals surface area contributed by atoms with Crippen molar-refractivity contribution in [1.29, 1.82) is 0 Å². The molecule has 1 aromatic carbocycles. The zero-order chi connectivity index (χ0) is 19.6. The van der Waals surface area contributed by atoms with Gasteiger partial charge < -0.3 is 4.74 Å². The second-order valence-corrected chi connectivity index (χ2v) is 6.97. The third-order valence-corrected chi connectivity index (χ3v) is 5.03. The SMILES string of the molecule is COc1nc(C)nn2cc(F)c(-c3ccc4nnn(C5CC(F)(F)C5)c4c3)c12. The van der Waals surface area contributed by atoms with Gasteiger partial charge in [-0.15, -0.1) is 5.10 Å². The molecule has 1 aliphatic rings. The van der Waals surface area contributed by atoms with Gasteiger partial charge in [-0.3, -0.25) is 0 Å². The molecule has 0 N–H and O–H groups in total. The monoisotopic (exact) mass is 388 g/mol. The van der Waals surface area contributed by atoms with E-state index in [1.165, 1.54) is 22.5 Å². The number of nitrogens with zero attached hydrogens (tertiary/aromatic N) is 6. The highest BCUT2D eigenvalue weighted by atomic mass is 19.3. The predicted octanol–water partition coefficient (Wildman–Crippen LogP) is 3.57. The summed E-state index contributed by atoms with van der Waals surface area (Å²) >= 11 is 0. The van der Waals surface area contributed by atoms with Crippen molar-refractivity contribution < 1.29 is 17.9 Å². The molecule has 28 heavy (non-hydrogen) atoms. The van der Waals surface area contributed by atoms with Gasteiger partial charge in [0, 0.05) is 12.8 Å². The number of aryl methyl sites for hydroxylation is 1. The Labute approximate surface area is 156 Å². The molecule has 7 nitrogen and oxygen atoms in total. The molecule has 0 saturated heterocycles. The van der Waals surface area contributed by atoms with E-state index < -0.39 is 17.8 Å². The largest absolute Gasteiger partial charge is 0.479 e. The number of rotatable bonds is 3. The molecule has 5 rings (SSSR count). The Balaban J connectivity index is 1.69. The molecule has 1 saturated carbocycles. The van der Waals surface area contributed by atoms with Crippen molar-refractivity contribution in [3.8, 4) is 17.0 Å².